The van der Waals surface area contributed by atoms with E-state index in [2.05, 4.69) is 23.8 Å². The Hall–Kier alpha value is -2.99. The summed E-state index contributed by atoms with van der Waals surface area (Å²) in [6.07, 6.45) is 8.59. The van der Waals surface area contributed by atoms with E-state index in [9.17, 15) is 0 Å². The van der Waals surface area contributed by atoms with E-state index in [1.165, 1.54) is 7.11 Å². The third kappa shape index (κ3) is 10.4. The molecule has 6 heteroatoms. The molecule has 0 saturated carbocycles. The van der Waals surface area contributed by atoms with Crippen LogP contribution in [0.1, 0.15) is 42.9 Å². The summed E-state index contributed by atoms with van der Waals surface area (Å²) >= 11 is 0. The molecule has 6 nitrogen and oxygen atoms in total. The minimum atomic E-state index is 0.422. The van der Waals surface area contributed by atoms with Crippen LogP contribution in [-0.4, -0.2) is 39.8 Å². The number of hydrogen-bond acceptors (Lipinski definition) is 6. The standard InChI is InChI=1S/C27H37NO5/c1-5-6-15-32-26-19-22(2)27(23(3)20-26)33-17-9-7-8-16-31-25-12-10-24(11-13-25)21-30-18-14-28-29-4/h5-6,10-14,19-20H,7-9,15-18,21H2,1-4H3/b6-5+,28-14+. The number of aryl methyl sites for hydroxylation is 2. The molecule has 0 aliphatic carbocycles. The number of rotatable bonds is 16. The smallest absolute Gasteiger partial charge is 0.125 e. The Morgan fingerprint density at radius 1 is 0.818 bits per heavy atom. The number of oxime groups is 1. The van der Waals surface area contributed by atoms with E-state index < -0.39 is 0 Å². The molecule has 2 aromatic carbocycles. The first-order valence-electron chi connectivity index (χ1n) is 11.5. The van der Waals surface area contributed by atoms with Crippen molar-refractivity contribution in [2.24, 2.45) is 5.16 Å². The highest BCUT2D eigenvalue weighted by atomic mass is 16.6. The van der Waals surface area contributed by atoms with E-state index in [0.29, 0.717) is 33.0 Å². The Bertz CT molecular complexity index is 838. The maximum atomic E-state index is 6.04. The molecule has 0 radical (unpaired) electrons. The zero-order valence-electron chi connectivity index (χ0n) is 20.3. The van der Waals surface area contributed by atoms with Crippen molar-refractivity contribution in [3.63, 3.8) is 0 Å². The first-order chi connectivity index (χ1) is 16.1. The summed E-state index contributed by atoms with van der Waals surface area (Å²) in [5.41, 5.74) is 3.30. The van der Waals surface area contributed by atoms with Crippen molar-refractivity contribution in [2.75, 3.05) is 33.5 Å². The van der Waals surface area contributed by atoms with Crippen LogP contribution >= 0.6 is 0 Å². The van der Waals surface area contributed by atoms with Crippen LogP contribution in [-0.2, 0) is 16.2 Å². The quantitative estimate of drug-likeness (QED) is 0.134. The zero-order chi connectivity index (χ0) is 23.7. The summed E-state index contributed by atoms with van der Waals surface area (Å²) in [5, 5.41) is 3.63. The molecule has 33 heavy (non-hydrogen) atoms. The predicted octanol–water partition coefficient (Wildman–Crippen LogP) is 6.04. The van der Waals surface area contributed by atoms with Crippen molar-refractivity contribution in [1.82, 2.24) is 0 Å². The van der Waals surface area contributed by atoms with Crippen molar-refractivity contribution >= 4 is 6.21 Å². The number of allylic oxidation sites excluding steroid dienone is 1. The summed E-state index contributed by atoms with van der Waals surface area (Å²) in [6, 6.07) is 12.0. The van der Waals surface area contributed by atoms with E-state index in [1.54, 1.807) is 6.21 Å². The minimum Gasteiger partial charge on any atom is -0.494 e. The Morgan fingerprint density at radius 2 is 1.52 bits per heavy atom. The van der Waals surface area contributed by atoms with Gasteiger partial charge in [0.25, 0.3) is 0 Å². The summed E-state index contributed by atoms with van der Waals surface area (Å²) in [7, 11) is 1.51. The molecule has 0 atom stereocenters. The minimum absolute atomic E-state index is 0.422. The summed E-state index contributed by atoms with van der Waals surface area (Å²) < 4.78 is 23.1. The summed E-state index contributed by atoms with van der Waals surface area (Å²) in [6.45, 7) is 9.04. The van der Waals surface area contributed by atoms with E-state index in [0.717, 1.165) is 53.2 Å². The van der Waals surface area contributed by atoms with Gasteiger partial charge in [-0.25, -0.2) is 0 Å². The van der Waals surface area contributed by atoms with Crippen LogP contribution < -0.4 is 14.2 Å². The lowest BCUT2D eigenvalue weighted by atomic mass is 10.1. The molecule has 0 amide bonds. The number of nitrogens with zero attached hydrogens (tertiary/aromatic N) is 1. The van der Waals surface area contributed by atoms with E-state index in [-0.39, 0.29) is 0 Å². The highest BCUT2D eigenvalue weighted by Crippen LogP contribution is 2.28. The highest BCUT2D eigenvalue weighted by Gasteiger charge is 2.07. The van der Waals surface area contributed by atoms with Crippen molar-refractivity contribution in [3.05, 3.63) is 65.2 Å². The van der Waals surface area contributed by atoms with Crippen LogP contribution in [0.25, 0.3) is 0 Å². The normalized spacial score (nSPS) is 11.3. The van der Waals surface area contributed by atoms with Gasteiger partial charge in [0.15, 0.2) is 0 Å². The molecule has 2 aromatic rings. The molecule has 0 saturated heterocycles. The molecule has 0 bridgehead atoms. The maximum Gasteiger partial charge on any atom is 0.125 e. The zero-order valence-corrected chi connectivity index (χ0v) is 20.3. The highest BCUT2D eigenvalue weighted by molar-refractivity contribution is 5.57. The van der Waals surface area contributed by atoms with E-state index in [1.807, 2.05) is 55.5 Å². The number of benzene rings is 2. The van der Waals surface area contributed by atoms with Crippen LogP contribution in [0.15, 0.2) is 53.7 Å². The van der Waals surface area contributed by atoms with Crippen molar-refractivity contribution < 1.29 is 23.8 Å². The Kier molecular flexibility index (Phi) is 12.5. The van der Waals surface area contributed by atoms with Gasteiger partial charge in [-0.2, -0.15) is 0 Å². The second-order valence-corrected chi connectivity index (χ2v) is 7.65. The van der Waals surface area contributed by atoms with Gasteiger partial charge in [0.2, 0.25) is 0 Å². The number of unbranched alkanes of at least 4 members (excludes halogenated alkanes) is 2. The first kappa shape index (κ1) is 26.3. The molecular weight excluding hydrogens is 418 g/mol. The van der Waals surface area contributed by atoms with Crippen LogP contribution in [0.2, 0.25) is 0 Å². The van der Waals surface area contributed by atoms with Gasteiger partial charge in [-0.1, -0.05) is 29.4 Å². The Labute approximate surface area is 198 Å². The molecule has 0 spiro atoms. The van der Waals surface area contributed by atoms with E-state index >= 15 is 0 Å². The predicted molar refractivity (Wildman–Crippen MR) is 133 cm³/mol. The monoisotopic (exact) mass is 455 g/mol. The summed E-state index contributed by atoms with van der Waals surface area (Å²) in [5.74, 6) is 2.71. The molecular formula is C27H37NO5. The molecule has 2 rings (SSSR count). The van der Waals surface area contributed by atoms with Gasteiger partial charge in [0.1, 0.15) is 31.0 Å². The maximum absolute atomic E-state index is 6.04. The Balaban J connectivity index is 1.60. The molecule has 0 aliphatic heterocycles. The van der Waals surface area contributed by atoms with E-state index in [4.69, 9.17) is 18.9 Å². The lowest BCUT2D eigenvalue weighted by Crippen LogP contribution is -2.03. The first-order valence-corrected chi connectivity index (χ1v) is 11.5. The third-order valence-corrected chi connectivity index (χ3v) is 4.88. The van der Waals surface area contributed by atoms with Crippen molar-refractivity contribution in [3.8, 4) is 17.2 Å². The average Bonchev–Trinajstić information content (AvgIpc) is 2.81. The molecule has 0 N–H and O–H groups in total. The van der Waals surface area contributed by atoms with Crippen LogP contribution in [0.4, 0.5) is 0 Å². The molecule has 0 fully saturated rings. The lowest BCUT2D eigenvalue weighted by molar-refractivity contribution is 0.154. The number of hydrogen-bond donors (Lipinski definition) is 0. The average molecular weight is 456 g/mol. The molecule has 180 valence electrons. The molecule has 0 unspecified atom stereocenters. The van der Waals surface area contributed by atoms with Gasteiger partial charge in [-0.3, -0.25) is 0 Å². The largest absolute Gasteiger partial charge is 0.494 e. The fourth-order valence-electron chi connectivity index (χ4n) is 3.22. The summed E-state index contributed by atoms with van der Waals surface area (Å²) in [4.78, 5) is 4.59. The van der Waals surface area contributed by atoms with Crippen LogP contribution in [0.3, 0.4) is 0 Å². The lowest BCUT2D eigenvalue weighted by Gasteiger charge is -2.14. The molecule has 0 aliphatic rings. The van der Waals surface area contributed by atoms with Gasteiger partial charge in [-0.15, -0.1) is 0 Å². The fraction of sp³-hybridized carbons (Fsp3) is 0.444. The number of ether oxygens (including phenoxy) is 4. The molecule has 0 aromatic heterocycles. The second-order valence-electron chi connectivity index (χ2n) is 7.65. The topological polar surface area (TPSA) is 58.5 Å². The SMILES string of the molecule is C/C=C/COc1cc(C)c(OCCCCCOc2ccc(COC/C=N/OC)cc2)c(C)c1. The Morgan fingerprint density at radius 3 is 2.18 bits per heavy atom. The third-order valence-electron chi connectivity index (χ3n) is 4.88. The van der Waals surface area contributed by atoms with Gasteiger partial charge in [-0.05, 0) is 81.0 Å². The van der Waals surface area contributed by atoms with Crippen LogP contribution in [0, 0.1) is 13.8 Å². The fourth-order valence-corrected chi connectivity index (χ4v) is 3.22. The molecule has 0 heterocycles. The van der Waals surface area contributed by atoms with Crippen molar-refractivity contribution in [2.45, 2.75) is 46.6 Å². The van der Waals surface area contributed by atoms with Crippen molar-refractivity contribution in [1.29, 1.82) is 0 Å². The van der Waals surface area contributed by atoms with Gasteiger partial charge >= 0.3 is 0 Å². The van der Waals surface area contributed by atoms with Gasteiger partial charge in [0.05, 0.1) is 32.6 Å². The van der Waals surface area contributed by atoms with Gasteiger partial charge in [0, 0.05) is 0 Å². The van der Waals surface area contributed by atoms with Gasteiger partial charge < -0.3 is 23.8 Å². The second kappa shape index (κ2) is 15.8. The van der Waals surface area contributed by atoms with Crippen LogP contribution in [0.5, 0.6) is 17.2 Å².